The average molecular weight is 308 g/mol. The Morgan fingerprint density at radius 3 is 3.13 bits per heavy atom. The number of aromatic nitrogens is 3. The van der Waals surface area contributed by atoms with Crippen molar-refractivity contribution < 1.29 is 9.32 Å². The fraction of sp³-hybridized carbons (Fsp3) is 0.235. The number of hydrogen-bond acceptors (Lipinski definition) is 4. The minimum atomic E-state index is -0.225. The van der Waals surface area contributed by atoms with Crippen molar-refractivity contribution in [2.24, 2.45) is 0 Å². The molecule has 116 valence electrons. The number of nitrogens with one attached hydrogen (secondary N) is 2. The first-order valence-corrected chi connectivity index (χ1v) is 7.61. The second kappa shape index (κ2) is 5.39. The second-order valence-corrected chi connectivity index (χ2v) is 5.71. The number of hydrogen-bond donors (Lipinski definition) is 2. The summed E-state index contributed by atoms with van der Waals surface area (Å²) in [6.45, 7) is 1.81. The van der Waals surface area contributed by atoms with E-state index in [1.54, 1.807) is 18.5 Å². The van der Waals surface area contributed by atoms with Crippen LogP contribution in [0.2, 0.25) is 0 Å². The van der Waals surface area contributed by atoms with E-state index in [1.165, 1.54) is 5.56 Å². The Bertz CT molecular complexity index is 878. The minimum absolute atomic E-state index is 0.225. The van der Waals surface area contributed by atoms with E-state index in [4.69, 9.17) is 4.52 Å². The summed E-state index contributed by atoms with van der Waals surface area (Å²) in [6, 6.07) is 5.70. The van der Waals surface area contributed by atoms with E-state index in [0.717, 1.165) is 41.9 Å². The number of rotatable bonds is 2. The van der Waals surface area contributed by atoms with Crippen molar-refractivity contribution in [2.75, 3.05) is 5.32 Å². The molecule has 3 aromatic rings. The molecule has 23 heavy (non-hydrogen) atoms. The van der Waals surface area contributed by atoms with E-state index < -0.39 is 0 Å². The molecule has 0 aromatic carbocycles. The number of carbonyl (C=O) groups is 1. The van der Waals surface area contributed by atoms with Gasteiger partial charge in [0.15, 0.2) is 0 Å². The van der Waals surface area contributed by atoms with Crippen molar-refractivity contribution in [3.63, 3.8) is 0 Å². The van der Waals surface area contributed by atoms with Crippen LogP contribution in [-0.4, -0.2) is 21.0 Å². The van der Waals surface area contributed by atoms with Crippen LogP contribution in [0.15, 0.2) is 35.1 Å². The monoisotopic (exact) mass is 308 g/mol. The molecule has 3 heterocycles. The van der Waals surface area contributed by atoms with Gasteiger partial charge in [-0.3, -0.25) is 15.1 Å². The van der Waals surface area contributed by atoms with Crippen LogP contribution in [0.5, 0.6) is 0 Å². The minimum Gasteiger partial charge on any atom is -0.364 e. The van der Waals surface area contributed by atoms with Gasteiger partial charge in [0.2, 0.25) is 5.88 Å². The fourth-order valence-corrected chi connectivity index (χ4v) is 3.04. The Labute approximate surface area is 132 Å². The lowest BCUT2D eigenvalue weighted by molar-refractivity contribution is 0.102. The first kappa shape index (κ1) is 13.8. The molecule has 0 aliphatic heterocycles. The predicted molar refractivity (Wildman–Crippen MR) is 85.2 cm³/mol. The van der Waals surface area contributed by atoms with Crippen LogP contribution in [0.4, 0.5) is 5.88 Å². The summed E-state index contributed by atoms with van der Waals surface area (Å²) < 4.78 is 5.06. The van der Waals surface area contributed by atoms with Crippen LogP contribution < -0.4 is 5.32 Å². The lowest BCUT2D eigenvalue weighted by Gasteiger charge is -2.07. The topological polar surface area (TPSA) is 83.8 Å². The molecule has 2 N–H and O–H groups in total. The van der Waals surface area contributed by atoms with Gasteiger partial charge in [-0.1, -0.05) is 11.2 Å². The smallest absolute Gasteiger partial charge is 0.260 e. The van der Waals surface area contributed by atoms with Gasteiger partial charge in [0.1, 0.15) is 0 Å². The van der Waals surface area contributed by atoms with Crippen molar-refractivity contribution in [1.29, 1.82) is 0 Å². The third-order valence-corrected chi connectivity index (χ3v) is 4.07. The molecule has 1 aliphatic rings. The Balaban J connectivity index is 1.75. The van der Waals surface area contributed by atoms with Crippen molar-refractivity contribution in [3.8, 4) is 11.3 Å². The SMILES string of the molecule is Cc1cc(NC(=O)c2c[nH]c3c2-c2ncccc2CCC3)on1. The first-order chi connectivity index (χ1) is 11.2. The van der Waals surface area contributed by atoms with Gasteiger partial charge in [-0.15, -0.1) is 0 Å². The lowest BCUT2D eigenvalue weighted by Crippen LogP contribution is -2.12. The largest absolute Gasteiger partial charge is 0.364 e. The number of carbonyl (C=O) groups excluding carboxylic acids is 1. The third kappa shape index (κ3) is 2.42. The van der Waals surface area contributed by atoms with Crippen LogP contribution in [0.1, 0.15) is 33.7 Å². The van der Waals surface area contributed by atoms with Gasteiger partial charge >= 0.3 is 0 Å². The molecule has 0 saturated carbocycles. The summed E-state index contributed by atoms with van der Waals surface area (Å²) in [5.41, 5.74) is 5.32. The summed E-state index contributed by atoms with van der Waals surface area (Å²) >= 11 is 0. The number of aromatic amines is 1. The quantitative estimate of drug-likeness (QED) is 0.762. The van der Waals surface area contributed by atoms with Crippen LogP contribution in [0.3, 0.4) is 0 Å². The molecule has 1 aliphatic carbocycles. The molecule has 0 radical (unpaired) electrons. The normalized spacial score (nSPS) is 13.1. The molecule has 0 atom stereocenters. The molecule has 3 aromatic heterocycles. The highest BCUT2D eigenvalue weighted by Gasteiger charge is 2.24. The standard InChI is InChI=1S/C17H16N4O2/c1-10-8-14(23-21-10)20-17(22)12-9-19-13-6-2-4-11-5-3-7-18-16(11)15(12)13/h3,5,7-9,19H,2,4,6H2,1H3,(H,20,22). The van der Waals surface area contributed by atoms with Gasteiger partial charge in [-0.2, -0.15) is 0 Å². The van der Waals surface area contributed by atoms with E-state index in [9.17, 15) is 4.79 Å². The van der Waals surface area contributed by atoms with Crippen LogP contribution in [-0.2, 0) is 12.8 Å². The van der Waals surface area contributed by atoms with E-state index in [1.807, 2.05) is 13.0 Å². The first-order valence-electron chi connectivity index (χ1n) is 7.61. The zero-order valence-electron chi connectivity index (χ0n) is 12.7. The van der Waals surface area contributed by atoms with Gasteiger partial charge in [0.05, 0.1) is 17.0 Å². The average Bonchev–Trinajstić information content (AvgIpc) is 3.10. The molecule has 6 nitrogen and oxygen atoms in total. The van der Waals surface area contributed by atoms with E-state index >= 15 is 0 Å². The number of anilines is 1. The van der Waals surface area contributed by atoms with Crippen molar-refractivity contribution >= 4 is 11.8 Å². The van der Waals surface area contributed by atoms with Crippen molar-refractivity contribution in [1.82, 2.24) is 15.1 Å². The second-order valence-electron chi connectivity index (χ2n) is 5.71. The zero-order chi connectivity index (χ0) is 15.8. The summed E-state index contributed by atoms with van der Waals surface area (Å²) in [4.78, 5) is 20.4. The third-order valence-electron chi connectivity index (χ3n) is 4.07. The molecule has 0 unspecified atom stereocenters. The molecular formula is C17H16N4O2. The van der Waals surface area contributed by atoms with Gasteiger partial charge in [0, 0.05) is 29.7 Å². The molecule has 0 bridgehead atoms. The van der Waals surface area contributed by atoms with Crippen molar-refractivity contribution in [3.05, 3.63) is 53.1 Å². The summed E-state index contributed by atoms with van der Waals surface area (Å²) in [7, 11) is 0. The van der Waals surface area contributed by atoms with Gasteiger partial charge in [-0.25, -0.2) is 0 Å². The molecule has 6 heteroatoms. The Hall–Kier alpha value is -2.89. The maximum atomic E-state index is 12.6. The number of amides is 1. The molecular weight excluding hydrogens is 292 g/mol. The number of fused-ring (bicyclic) bond motifs is 3. The number of pyridine rings is 1. The molecule has 4 rings (SSSR count). The highest BCUT2D eigenvalue weighted by Crippen LogP contribution is 2.33. The maximum absolute atomic E-state index is 12.6. The van der Waals surface area contributed by atoms with E-state index in [-0.39, 0.29) is 5.91 Å². The van der Waals surface area contributed by atoms with Crippen LogP contribution in [0, 0.1) is 6.92 Å². The zero-order valence-corrected chi connectivity index (χ0v) is 12.7. The molecule has 0 saturated heterocycles. The molecule has 0 fully saturated rings. The highest BCUT2D eigenvalue weighted by molar-refractivity contribution is 6.08. The Kier molecular flexibility index (Phi) is 3.22. The molecule has 1 amide bonds. The van der Waals surface area contributed by atoms with E-state index in [0.29, 0.717) is 11.4 Å². The predicted octanol–water partition coefficient (Wildman–Crippen LogP) is 3.11. The number of aryl methyl sites for hydroxylation is 3. The lowest BCUT2D eigenvalue weighted by atomic mass is 10.0. The Morgan fingerprint density at radius 2 is 2.30 bits per heavy atom. The van der Waals surface area contributed by atoms with Crippen molar-refractivity contribution in [2.45, 2.75) is 26.2 Å². The van der Waals surface area contributed by atoms with Crippen LogP contribution >= 0.6 is 0 Å². The van der Waals surface area contributed by atoms with Crippen LogP contribution in [0.25, 0.3) is 11.3 Å². The highest BCUT2D eigenvalue weighted by atomic mass is 16.5. The van der Waals surface area contributed by atoms with Gasteiger partial charge in [0.25, 0.3) is 5.91 Å². The molecule has 0 spiro atoms. The number of nitrogens with zero attached hydrogens (tertiary/aromatic N) is 2. The van der Waals surface area contributed by atoms with E-state index in [2.05, 4.69) is 26.5 Å². The maximum Gasteiger partial charge on any atom is 0.260 e. The van der Waals surface area contributed by atoms with Gasteiger partial charge < -0.3 is 9.51 Å². The summed E-state index contributed by atoms with van der Waals surface area (Å²) in [6.07, 6.45) is 6.42. The summed E-state index contributed by atoms with van der Waals surface area (Å²) in [5.74, 6) is 0.120. The Morgan fingerprint density at radius 1 is 1.39 bits per heavy atom. The number of H-pyrrole nitrogens is 1. The van der Waals surface area contributed by atoms with Gasteiger partial charge in [-0.05, 0) is 37.8 Å². The fourth-order valence-electron chi connectivity index (χ4n) is 3.04. The summed E-state index contributed by atoms with van der Waals surface area (Å²) in [5, 5.41) is 6.53.